The third-order valence-corrected chi connectivity index (χ3v) is 3.75. The maximum Gasteiger partial charge on any atom is 0.255 e. The van der Waals surface area contributed by atoms with E-state index >= 15 is 0 Å². The lowest BCUT2D eigenvalue weighted by Crippen LogP contribution is -2.11. The normalized spacial score (nSPS) is 13.3. The van der Waals surface area contributed by atoms with Crippen molar-refractivity contribution < 1.29 is 4.79 Å². The van der Waals surface area contributed by atoms with Gasteiger partial charge < -0.3 is 10.3 Å². The van der Waals surface area contributed by atoms with Gasteiger partial charge in [-0.15, -0.1) is 0 Å². The molecule has 2 heterocycles. The van der Waals surface area contributed by atoms with Gasteiger partial charge in [0.15, 0.2) is 0 Å². The minimum Gasteiger partial charge on any atom is -0.365 e. The summed E-state index contributed by atoms with van der Waals surface area (Å²) < 4.78 is 2.05. The van der Waals surface area contributed by atoms with Gasteiger partial charge >= 0.3 is 0 Å². The second-order valence-electron chi connectivity index (χ2n) is 3.75. The van der Waals surface area contributed by atoms with E-state index in [0.29, 0.717) is 4.91 Å². The number of aromatic nitrogens is 1. The summed E-state index contributed by atoms with van der Waals surface area (Å²) in [5.41, 5.74) is 7.43. The Morgan fingerprint density at radius 2 is 2.00 bits per heavy atom. The molecule has 84 valence electrons. The Balaban J connectivity index is 2.28. The van der Waals surface area contributed by atoms with E-state index in [-0.39, 0.29) is 5.91 Å². The molecule has 4 heteroatoms. The van der Waals surface area contributed by atoms with Gasteiger partial charge in [-0.1, -0.05) is 23.9 Å². The molecule has 0 atom stereocenters. The molecule has 2 aromatic rings. The van der Waals surface area contributed by atoms with E-state index in [1.807, 2.05) is 48.7 Å². The summed E-state index contributed by atoms with van der Waals surface area (Å²) in [6.45, 7) is 0. The molecule has 2 N–H and O–H groups in total. The van der Waals surface area contributed by atoms with Crippen LogP contribution >= 0.6 is 11.8 Å². The van der Waals surface area contributed by atoms with Crippen LogP contribution in [0.3, 0.4) is 0 Å². The quantitative estimate of drug-likeness (QED) is 0.834. The zero-order chi connectivity index (χ0) is 11.8. The Morgan fingerprint density at radius 1 is 1.18 bits per heavy atom. The summed E-state index contributed by atoms with van der Waals surface area (Å²) in [6.07, 6.45) is 3.81. The average Bonchev–Trinajstić information content (AvgIpc) is 2.71. The highest BCUT2D eigenvalue weighted by atomic mass is 32.2. The maximum absolute atomic E-state index is 11.4. The van der Waals surface area contributed by atoms with Crippen LogP contribution in [-0.2, 0) is 4.79 Å². The van der Waals surface area contributed by atoms with Crippen molar-refractivity contribution >= 4 is 23.7 Å². The Bertz CT molecular complexity index is 628. The predicted octanol–water partition coefficient (Wildman–Crippen LogP) is 2.41. The van der Waals surface area contributed by atoms with Crippen molar-refractivity contribution in [1.82, 2.24) is 4.57 Å². The zero-order valence-corrected chi connectivity index (χ0v) is 9.78. The molecule has 0 spiro atoms. The molecule has 0 aliphatic carbocycles. The number of hydrogen-bond acceptors (Lipinski definition) is 2. The number of carbonyl (C=O) groups excluding carboxylic acids is 1. The largest absolute Gasteiger partial charge is 0.365 e. The Kier molecular flexibility index (Phi) is 2.30. The van der Waals surface area contributed by atoms with Crippen LogP contribution in [0.5, 0.6) is 0 Å². The molecule has 1 aliphatic rings. The Morgan fingerprint density at radius 3 is 2.82 bits per heavy atom. The van der Waals surface area contributed by atoms with Crippen LogP contribution in [0.25, 0.3) is 11.8 Å². The Hall–Kier alpha value is -1.94. The van der Waals surface area contributed by atoms with E-state index < -0.39 is 0 Å². The molecule has 0 unspecified atom stereocenters. The lowest BCUT2D eigenvalue weighted by atomic mass is 10.3. The molecular weight excluding hydrogens is 232 g/mol. The van der Waals surface area contributed by atoms with Gasteiger partial charge in [-0.3, -0.25) is 4.79 Å². The van der Waals surface area contributed by atoms with Gasteiger partial charge in [0.1, 0.15) is 0 Å². The fraction of sp³-hybridized carbons (Fsp3) is 0. The van der Waals surface area contributed by atoms with E-state index in [2.05, 4.69) is 4.57 Å². The fourth-order valence-corrected chi connectivity index (χ4v) is 2.81. The van der Waals surface area contributed by atoms with E-state index in [1.54, 1.807) is 0 Å². The van der Waals surface area contributed by atoms with Crippen molar-refractivity contribution in [2.45, 2.75) is 4.90 Å². The van der Waals surface area contributed by atoms with E-state index in [4.69, 9.17) is 5.73 Å². The van der Waals surface area contributed by atoms with Gasteiger partial charge in [-0.2, -0.15) is 0 Å². The summed E-state index contributed by atoms with van der Waals surface area (Å²) in [6, 6.07) is 11.9. The predicted molar refractivity (Wildman–Crippen MR) is 68.8 cm³/mol. The molecule has 0 bridgehead atoms. The minimum absolute atomic E-state index is 0.389. The average molecular weight is 242 g/mol. The van der Waals surface area contributed by atoms with E-state index in [9.17, 15) is 4.79 Å². The first kappa shape index (κ1) is 10.2. The highest BCUT2D eigenvalue weighted by Gasteiger charge is 2.17. The van der Waals surface area contributed by atoms with Crippen molar-refractivity contribution in [1.29, 1.82) is 0 Å². The number of fused-ring (bicyclic) bond motifs is 3. The summed E-state index contributed by atoms with van der Waals surface area (Å²) >= 11 is 1.41. The molecule has 3 rings (SSSR count). The van der Waals surface area contributed by atoms with Crippen molar-refractivity contribution in [2.24, 2.45) is 5.73 Å². The van der Waals surface area contributed by atoms with Gasteiger partial charge in [0.05, 0.1) is 10.6 Å². The SMILES string of the molecule is NC(=O)C1=Cc2cccn2-c2ccccc2S1. The van der Waals surface area contributed by atoms with Crippen LogP contribution in [0, 0.1) is 0 Å². The van der Waals surface area contributed by atoms with Crippen LogP contribution in [0.15, 0.2) is 52.4 Å². The molecule has 1 amide bonds. The fourth-order valence-electron chi connectivity index (χ4n) is 1.88. The molecule has 1 aromatic carbocycles. The highest BCUT2D eigenvalue weighted by molar-refractivity contribution is 8.04. The molecule has 0 fully saturated rings. The van der Waals surface area contributed by atoms with Crippen molar-refractivity contribution in [3.8, 4) is 5.69 Å². The van der Waals surface area contributed by atoms with Crippen molar-refractivity contribution in [3.05, 3.63) is 53.2 Å². The van der Waals surface area contributed by atoms with Gasteiger partial charge in [-0.25, -0.2) is 0 Å². The van der Waals surface area contributed by atoms with Crippen molar-refractivity contribution in [2.75, 3.05) is 0 Å². The number of thioether (sulfide) groups is 1. The molecule has 1 aliphatic heterocycles. The van der Waals surface area contributed by atoms with Gasteiger partial charge in [0, 0.05) is 16.8 Å². The monoisotopic (exact) mass is 242 g/mol. The second-order valence-corrected chi connectivity index (χ2v) is 4.83. The number of carbonyl (C=O) groups is 1. The lowest BCUT2D eigenvalue weighted by Gasteiger charge is -2.08. The summed E-state index contributed by atoms with van der Waals surface area (Å²) in [5.74, 6) is -0.389. The number of primary amides is 1. The van der Waals surface area contributed by atoms with Crippen LogP contribution in [0.4, 0.5) is 0 Å². The van der Waals surface area contributed by atoms with Crippen molar-refractivity contribution in [3.63, 3.8) is 0 Å². The minimum atomic E-state index is -0.389. The molecule has 17 heavy (non-hydrogen) atoms. The molecular formula is C13H10N2OS. The standard InChI is InChI=1S/C13H10N2OS/c14-13(16)12-8-9-4-3-7-15(9)10-5-1-2-6-11(10)17-12/h1-8H,(H2,14,16). The van der Waals surface area contributed by atoms with Crippen LogP contribution in [0.1, 0.15) is 5.69 Å². The first-order valence-electron chi connectivity index (χ1n) is 5.22. The highest BCUT2D eigenvalue weighted by Crippen LogP contribution is 2.36. The van der Waals surface area contributed by atoms with Gasteiger partial charge in [-0.05, 0) is 30.3 Å². The smallest absolute Gasteiger partial charge is 0.255 e. The van der Waals surface area contributed by atoms with E-state index in [1.165, 1.54) is 11.8 Å². The number of rotatable bonds is 1. The summed E-state index contributed by atoms with van der Waals surface area (Å²) in [7, 11) is 0. The summed E-state index contributed by atoms with van der Waals surface area (Å²) in [5, 5.41) is 0. The number of hydrogen-bond donors (Lipinski definition) is 1. The lowest BCUT2D eigenvalue weighted by molar-refractivity contribution is -0.113. The van der Waals surface area contributed by atoms with Crippen LogP contribution in [0.2, 0.25) is 0 Å². The first-order chi connectivity index (χ1) is 8.25. The molecule has 1 aromatic heterocycles. The first-order valence-corrected chi connectivity index (χ1v) is 6.03. The number of nitrogens with zero attached hydrogens (tertiary/aromatic N) is 1. The second kappa shape index (κ2) is 3.82. The van der Waals surface area contributed by atoms with Crippen LogP contribution < -0.4 is 5.73 Å². The number of nitrogens with two attached hydrogens (primary N) is 1. The molecule has 3 nitrogen and oxygen atoms in total. The maximum atomic E-state index is 11.4. The van der Waals surface area contributed by atoms with Gasteiger partial charge in [0.2, 0.25) is 0 Å². The topological polar surface area (TPSA) is 48.0 Å². The zero-order valence-electron chi connectivity index (χ0n) is 8.96. The molecule has 0 saturated heterocycles. The molecule has 0 radical (unpaired) electrons. The molecule has 0 saturated carbocycles. The number of para-hydroxylation sites is 1. The number of amides is 1. The summed E-state index contributed by atoms with van der Waals surface area (Å²) in [4.78, 5) is 13.0. The van der Waals surface area contributed by atoms with Gasteiger partial charge in [0.25, 0.3) is 5.91 Å². The van der Waals surface area contributed by atoms with Crippen LogP contribution in [-0.4, -0.2) is 10.5 Å². The third-order valence-electron chi connectivity index (χ3n) is 2.65. The van der Waals surface area contributed by atoms with E-state index in [0.717, 1.165) is 16.3 Å². The third kappa shape index (κ3) is 1.66. The Labute approximate surface area is 103 Å². The number of benzene rings is 1.